The van der Waals surface area contributed by atoms with Crippen molar-refractivity contribution in [3.8, 4) is 0 Å². The van der Waals surface area contributed by atoms with Gasteiger partial charge in [0.1, 0.15) is 5.82 Å². The lowest BCUT2D eigenvalue weighted by atomic mass is 9.75. The highest BCUT2D eigenvalue weighted by Gasteiger charge is 2.43. The predicted molar refractivity (Wildman–Crippen MR) is 102 cm³/mol. The minimum atomic E-state index is -0.915. The van der Waals surface area contributed by atoms with Crippen LogP contribution in [0.3, 0.4) is 0 Å². The molecule has 0 unspecified atom stereocenters. The van der Waals surface area contributed by atoms with Gasteiger partial charge in [0.15, 0.2) is 0 Å². The summed E-state index contributed by atoms with van der Waals surface area (Å²) in [6.07, 6.45) is 0.909. The molecule has 0 aromatic heterocycles. The third kappa shape index (κ3) is 2.52. The van der Waals surface area contributed by atoms with Gasteiger partial charge in [-0.1, -0.05) is 36.4 Å². The molecule has 2 aliphatic rings. The zero-order valence-corrected chi connectivity index (χ0v) is 14.5. The minimum Gasteiger partial charge on any atom is -0.478 e. The first-order valence-electron chi connectivity index (χ1n) is 9.09. The van der Waals surface area contributed by atoms with Crippen LogP contribution in [-0.2, 0) is 6.42 Å². The molecule has 3 aromatic rings. The van der Waals surface area contributed by atoms with E-state index in [4.69, 9.17) is 0 Å². The van der Waals surface area contributed by atoms with Crippen LogP contribution in [0.2, 0.25) is 0 Å². The second-order valence-corrected chi connectivity index (χ2v) is 7.33. The molecule has 27 heavy (non-hydrogen) atoms. The van der Waals surface area contributed by atoms with E-state index in [0.717, 1.165) is 23.2 Å². The topological polar surface area (TPSA) is 49.3 Å². The summed E-state index contributed by atoms with van der Waals surface area (Å²) in [5.41, 5.74) is 5.90. The highest BCUT2D eigenvalue weighted by Crippen LogP contribution is 2.53. The first-order chi connectivity index (χ1) is 13.1. The zero-order valence-electron chi connectivity index (χ0n) is 14.5. The van der Waals surface area contributed by atoms with E-state index in [1.54, 1.807) is 12.1 Å². The number of rotatable bonds is 2. The molecule has 1 aliphatic heterocycles. The van der Waals surface area contributed by atoms with Gasteiger partial charge in [-0.25, -0.2) is 9.18 Å². The summed E-state index contributed by atoms with van der Waals surface area (Å²) in [6, 6.07) is 20.4. The first-order valence-corrected chi connectivity index (χ1v) is 9.09. The second-order valence-electron chi connectivity index (χ2n) is 7.33. The van der Waals surface area contributed by atoms with Gasteiger partial charge < -0.3 is 10.4 Å². The van der Waals surface area contributed by atoms with Crippen molar-refractivity contribution in [1.82, 2.24) is 0 Å². The van der Waals surface area contributed by atoms with Gasteiger partial charge in [0.25, 0.3) is 0 Å². The molecule has 0 bridgehead atoms. The Kier molecular flexibility index (Phi) is 3.54. The van der Waals surface area contributed by atoms with Crippen molar-refractivity contribution in [3.63, 3.8) is 0 Å². The number of hydrogen-bond acceptors (Lipinski definition) is 2. The lowest BCUT2D eigenvalue weighted by Gasteiger charge is -2.38. The van der Waals surface area contributed by atoms with Crippen LogP contribution in [0.4, 0.5) is 10.1 Å². The van der Waals surface area contributed by atoms with Crippen molar-refractivity contribution in [1.29, 1.82) is 0 Å². The Labute approximate surface area is 156 Å². The summed E-state index contributed by atoms with van der Waals surface area (Å²) >= 11 is 0. The summed E-state index contributed by atoms with van der Waals surface area (Å²) in [5.74, 6) is -0.773. The molecule has 0 spiro atoms. The summed E-state index contributed by atoms with van der Waals surface area (Å²) in [5, 5.41) is 13.0. The van der Waals surface area contributed by atoms with Crippen molar-refractivity contribution in [2.45, 2.75) is 18.4 Å². The van der Waals surface area contributed by atoms with Crippen molar-refractivity contribution in [2.75, 3.05) is 5.32 Å². The van der Waals surface area contributed by atoms with Gasteiger partial charge >= 0.3 is 5.97 Å². The lowest BCUT2D eigenvalue weighted by molar-refractivity contribution is 0.0696. The maximum atomic E-state index is 13.4. The Morgan fingerprint density at radius 2 is 1.78 bits per heavy atom. The second kappa shape index (κ2) is 5.95. The zero-order chi connectivity index (χ0) is 18.5. The Balaban J connectivity index is 1.68. The Bertz CT molecular complexity index is 1040. The molecule has 0 radical (unpaired) electrons. The van der Waals surface area contributed by atoms with Crippen LogP contribution in [0, 0.1) is 11.7 Å². The molecule has 0 amide bonds. The number of carboxylic acids is 1. The van der Waals surface area contributed by atoms with Crippen LogP contribution >= 0.6 is 0 Å². The minimum absolute atomic E-state index is 0.0474. The van der Waals surface area contributed by atoms with Gasteiger partial charge in [0, 0.05) is 11.6 Å². The highest BCUT2D eigenvalue weighted by atomic mass is 19.1. The van der Waals surface area contributed by atoms with E-state index < -0.39 is 5.97 Å². The fourth-order valence-electron chi connectivity index (χ4n) is 4.69. The molecule has 3 atom stereocenters. The number of halogens is 1. The average molecular weight is 359 g/mol. The molecular formula is C23H18FNO2. The molecule has 134 valence electrons. The SMILES string of the molecule is O=C(O)c1ccc2c(c1)[C@@H]1c3ccccc3C[C@@H]1[C@H](c1ccc(F)cc1)N2. The number of fused-ring (bicyclic) bond motifs is 5. The van der Waals surface area contributed by atoms with E-state index in [2.05, 4.69) is 17.4 Å². The summed E-state index contributed by atoms with van der Waals surface area (Å²) < 4.78 is 13.4. The fourth-order valence-corrected chi connectivity index (χ4v) is 4.69. The molecule has 1 heterocycles. The van der Waals surface area contributed by atoms with Crippen LogP contribution in [-0.4, -0.2) is 11.1 Å². The summed E-state index contributed by atoms with van der Waals surface area (Å²) in [4.78, 5) is 11.5. The molecule has 0 fully saturated rings. The van der Waals surface area contributed by atoms with E-state index in [-0.39, 0.29) is 23.7 Å². The largest absolute Gasteiger partial charge is 0.478 e. The number of carbonyl (C=O) groups is 1. The summed E-state index contributed by atoms with van der Waals surface area (Å²) in [6.45, 7) is 0. The van der Waals surface area contributed by atoms with Crippen LogP contribution in [0.15, 0.2) is 66.7 Å². The lowest BCUT2D eigenvalue weighted by Crippen LogP contribution is -2.30. The van der Waals surface area contributed by atoms with E-state index in [1.165, 1.54) is 23.3 Å². The number of benzene rings is 3. The van der Waals surface area contributed by atoms with Gasteiger partial charge in [-0.15, -0.1) is 0 Å². The van der Waals surface area contributed by atoms with Crippen LogP contribution in [0.5, 0.6) is 0 Å². The summed E-state index contributed by atoms with van der Waals surface area (Å²) in [7, 11) is 0. The smallest absolute Gasteiger partial charge is 0.335 e. The molecular weight excluding hydrogens is 341 g/mol. The fraction of sp³-hybridized carbons (Fsp3) is 0.174. The standard InChI is InChI=1S/C23H18FNO2/c24-16-8-5-13(6-9-16)22-19-11-14-3-1-2-4-17(14)21(19)18-12-15(23(26)27)7-10-20(18)25-22/h1-10,12,19,21-22,25H,11H2,(H,26,27)/t19-,21-,22-/m0/s1. The van der Waals surface area contributed by atoms with Gasteiger partial charge in [0.05, 0.1) is 11.6 Å². The monoisotopic (exact) mass is 359 g/mol. The van der Waals surface area contributed by atoms with Gasteiger partial charge in [-0.05, 0) is 64.9 Å². The quantitative estimate of drug-likeness (QED) is 0.677. The molecule has 3 nitrogen and oxygen atoms in total. The van der Waals surface area contributed by atoms with E-state index in [1.807, 2.05) is 30.3 Å². The van der Waals surface area contributed by atoms with Gasteiger partial charge in [0.2, 0.25) is 0 Å². The van der Waals surface area contributed by atoms with Crippen molar-refractivity contribution >= 4 is 11.7 Å². The van der Waals surface area contributed by atoms with Gasteiger partial charge in [-0.3, -0.25) is 0 Å². The first kappa shape index (κ1) is 16.1. The normalized spacial score (nSPS) is 22.3. The van der Waals surface area contributed by atoms with E-state index >= 15 is 0 Å². The molecule has 2 N–H and O–H groups in total. The van der Waals surface area contributed by atoms with E-state index in [0.29, 0.717) is 5.56 Å². The molecule has 1 aliphatic carbocycles. The van der Waals surface area contributed by atoms with Gasteiger partial charge in [-0.2, -0.15) is 0 Å². The maximum absolute atomic E-state index is 13.4. The average Bonchev–Trinajstić information content (AvgIpc) is 3.07. The van der Waals surface area contributed by atoms with Crippen LogP contribution in [0.1, 0.15) is 44.6 Å². The van der Waals surface area contributed by atoms with Crippen LogP contribution < -0.4 is 5.32 Å². The number of anilines is 1. The highest BCUT2D eigenvalue weighted by molar-refractivity contribution is 5.89. The molecule has 5 rings (SSSR count). The van der Waals surface area contributed by atoms with Crippen molar-refractivity contribution < 1.29 is 14.3 Å². The number of carboxylic acid groups (broad SMARTS) is 1. The number of hydrogen-bond donors (Lipinski definition) is 2. The van der Waals surface area contributed by atoms with E-state index in [9.17, 15) is 14.3 Å². The van der Waals surface area contributed by atoms with Crippen molar-refractivity contribution in [3.05, 3.63) is 100 Å². The maximum Gasteiger partial charge on any atom is 0.335 e. The third-order valence-corrected chi connectivity index (χ3v) is 5.88. The number of aromatic carboxylic acids is 1. The molecule has 4 heteroatoms. The van der Waals surface area contributed by atoms with Crippen molar-refractivity contribution in [2.24, 2.45) is 5.92 Å². The molecule has 0 saturated heterocycles. The predicted octanol–water partition coefficient (Wildman–Crippen LogP) is 4.99. The molecule has 3 aromatic carbocycles. The Morgan fingerprint density at radius 1 is 1.00 bits per heavy atom. The third-order valence-electron chi connectivity index (χ3n) is 5.88. The Morgan fingerprint density at radius 3 is 2.56 bits per heavy atom. The molecule has 0 saturated carbocycles. The van der Waals surface area contributed by atoms with Crippen LogP contribution in [0.25, 0.3) is 0 Å². The Hall–Kier alpha value is -3.14. The number of nitrogens with one attached hydrogen (secondary N) is 1.